The summed E-state index contributed by atoms with van der Waals surface area (Å²) in [6.07, 6.45) is 3.92. The van der Waals surface area contributed by atoms with Crippen molar-refractivity contribution in [2.45, 2.75) is 39.3 Å². The highest BCUT2D eigenvalue weighted by atomic mass is 16.5. The fraction of sp³-hybridized carbons (Fsp3) is 0.467. The second kappa shape index (κ2) is 5.44. The van der Waals surface area contributed by atoms with Crippen molar-refractivity contribution in [3.63, 3.8) is 0 Å². The van der Waals surface area contributed by atoms with E-state index in [-0.39, 0.29) is 0 Å². The molecule has 18 heavy (non-hydrogen) atoms. The first-order valence-electron chi connectivity index (χ1n) is 6.52. The van der Waals surface area contributed by atoms with E-state index < -0.39 is 6.10 Å². The van der Waals surface area contributed by atoms with Gasteiger partial charge < -0.3 is 14.4 Å². The van der Waals surface area contributed by atoms with Gasteiger partial charge in [0.05, 0.1) is 18.7 Å². The van der Waals surface area contributed by atoms with Crippen molar-refractivity contribution in [1.29, 1.82) is 0 Å². The van der Waals surface area contributed by atoms with Crippen molar-refractivity contribution in [2.75, 3.05) is 7.11 Å². The van der Waals surface area contributed by atoms with Gasteiger partial charge in [-0.25, -0.2) is 0 Å². The number of rotatable bonds is 5. The number of fused-ring (bicyclic) bond motifs is 1. The number of aliphatic hydroxyl groups excluding tert-OH is 1. The predicted octanol–water partition coefficient (Wildman–Crippen LogP) is 3.50. The second-order valence-electron chi connectivity index (χ2n) is 4.69. The van der Waals surface area contributed by atoms with Gasteiger partial charge in [0, 0.05) is 29.8 Å². The molecule has 1 aromatic heterocycles. The zero-order chi connectivity index (χ0) is 13.1. The lowest BCUT2D eigenvalue weighted by atomic mass is 10.1. The van der Waals surface area contributed by atoms with E-state index in [1.54, 1.807) is 7.11 Å². The highest BCUT2D eigenvalue weighted by Gasteiger charge is 2.12. The number of aliphatic hydroxyl groups is 1. The first-order chi connectivity index (χ1) is 8.67. The van der Waals surface area contributed by atoms with Gasteiger partial charge in [-0.2, -0.15) is 0 Å². The van der Waals surface area contributed by atoms with E-state index in [0.29, 0.717) is 0 Å². The van der Waals surface area contributed by atoms with Crippen LogP contribution in [0.1, 0.15) is 38.4 Å². The Bertz CT molecular complexity index is 529. The van der Waals surface area contributed by atoms with Crippen molar-refractivity contribution >= 4 is 10.9 Å². The number of hydrogen-bond acceptors (Lipinski definition) is 2. The summed E-state index contributed by atoms with van der Waals surface area (Å²) in [5.41, 5.74) is 2.13. The van der Waals surface area contributed by atoms with Crippen LogP contribution < -0.4 is 4.74 Å². The molecule has 0 radical (unpaired) electrons. The maximum absolute atomic E-state index is 9.84. The average Bonchev–Trinajstić information content (AvgIpc) is 2.74. The van der Waals surface area contributed by atoms with E-state index in [2.05, 4.69) is 17.7 Å². The lowest BCUT2D eigenvalue weighted by Gasteiger charge is -2.05. The Labute approximate surface area is 108 Å². The summed E-state index contributed by atoms with van der Waals surface area (Å²) in [4.78, 5) is 0. The second-order valence-corrected chi connectivity index (χ2v) is 4.69. The molecule has 0 saturated carbocycles. The van der Waals surface area contributed by atoms with Crippen molar-refractivity contribution in [1.82, 2.24) is 4.57 Å². The number of hydrogen-bond donors (Lipinski definition) is 1. The lowest BCUT2D eigenvalue weighted by Crippen LogP contribution is -1.95. The minimum atomic E-state index is -0.441. The molecular formula is C15H21NO2. The number of ether oxygens (including phenoxy) is 1. The third-order valence-corrected chi connectivity index (χ3v) is 3.32. The molecule has 0 aliphatic rings. The zero-order valence-corrected chi connectivity index (χ0v) is 11.3. The van der Waals surface area contributed by atoms with Gasteiger partial charge in [0.15, 0.2) is 0 Å². The van der Waals surface area contributed by atoms with Crippen LogP contribution in [0.25, 0.3) is 10.9 Å². The van der Waals surface area contributed by atoms with Crippen molar-refractivity contribution in [3.05, 3.63) is 30.0 Å². The molecule has 0 aliphatic heterocycles. The molecule has 1 heterocycles. The van der Waals surface area contributed by atoms with Gasteiger partial charge in [-0.3, -0.25) is 0 Å². The fourth-order valence-electron chi connectivity index (χ4n) is 2.27. The van der Waals surface area contributed by atoms with E-state index >= 15 is 0 Å². The van der Waals surface area contributed by atoms with Gasteiger partial charge >= 0.3 is 0 Å². The number of unbranched alkanes of at least 4 members (excludes halogenated alkanes) is 1. The Morgan fingerprint density at radius 3 is 2.78 bits per heavy atom. The van der Waals surface area contributed by atoms with Crippen LogP contribution >= 0.6 is 0 Å². The molecule has 0 fully saturated rings. The molecule has 2 aromatic rings. The number of aryl methyl sites for hydroxylation is 1. The third kappa shape index (κ3) is 2.36. The largest absolute Gasteiger partial charge is 0.497 e. The van der Waals surface area contributed by atoms with E-state index in [1.165, 1.54) is 0 Å². The summed E-state index contributed by atoms with van der Waals surface area (Å²) in [7, 11) is 1.68. The smallest absolute Gasteiger partial charge is 0.120 e. The molecule has 0 spiro atoms. The number of aromatic nitrogens is 1. The van der Waals surface area contributed by atoms with E-state index in [1.807, 2.05) is 25.1 Å². The minimum Gasteiger partial charge on any atom is -0.497 e. The summed E-state index contributed by atoms with van der Waals surface area (Å²) in [5, 5.41) is 11.0. The molecule has 1 N–H and O–H groups in total. The molecule has 1 aromatic carbocycles. The Balaban J connectivity index is 2.53. The minimum absolute atomic E-state index is 0.441. The monoisotopic (exact) mass is 247 g/mol. The van der Waals surface area contributed by atoms with Crippen LogP contribution in [0, 0.1) is 0 Å². The molecule has 1 unspecified atom stereocenters. The first kappa shape index (κ1) is 13.0. The van der Waals surface area contributed by atoms with Gasteiger partial charge in [0.1, 0.15) is 5.75 Å². The summed E-state index contributed by atoms with van der Waals surface area (Å²) in [5.74, 6) is 0.857. The predicted molar refractivity (Wildman–Crippen MR) is 74.0 cm³/mol. The number of nitrogens with zero attached hydrogens (tertiary/aromatic N) is 1. The van der Waals surface area contributed by atoms with Crippen LogP contribution in [0.5, 0.6) is 5.75 Å². The highest BCUT2D eigenvalue weighted by Crippen LogP contribution is 2.29. The molecule has 98 valence electrons. The Morgan fingerprint density at radius 2 is 2.17 bits per heavy atom. The third-order valence-electron chi connectivity index (χ3n) is 3.32. The quantitative estimate of drug-likeness (QED) is 0.877. The van der Waals surface area contributed by atoms with Crippen molar-refractivity contribution in [3.8, 4) is 5.75 Å². The molecule has 0 saturated heterocycles. The summed E-state index contributed by atoms with van der Waals surface area (Å²) < 4.78 is 7.49. The standard InChI is InChI=1S/C15H21NO2/c1-4-5-8-16-10-14(11(2)17)13-7-6-12(18-3)9-15(13)16/h6-7,9-11,17H,4-5,8H2,1-3H3. The Morgan fingerprint density at radius 1 is 1.39 bits per heavy atom. The average molecular weight is 247 g/mol. The fourth-order valence-corrected chi connectivity index (χ4v) is 2.27. The SMILES string of the molecule is CCCCn1cc(C(C)O)c2ccc(OC)cc21. The molecule has 3 heteroatoms. The highest BCUT2D eigenvalue weighted by molar-refractivity contribution is 5.85. The normalized spacial score (nSPS) is 12.9. The molecule has 2 rings (SSSR count). The molecule has 3 nitrogen and oxygen atoms in total. The topological polar surface area (TPSA) is 34.4 Å². The van der Waals surface area contributed by atoms with Crippen LogP contribution in [0.3, 0.4) is 0 Å². The zero-order valence-electron chi connectivity index (χ0n) is 11.3. The van der Waals surface area contributed by atoms with Crippen LogP contribution in [0.2, 0.25) is 0 Å². The van der Waals surface area contributed by atoms with Gasteiger partial charge in [0.25, 0.3) is 0 Å². The molecule has 0 aliphatic carbocycles. The summed E-state index contributed by atoms with van der Waals surface area (Å²) in [6, 6.07) is 6.01. The van der Waals surface area contributed by atoms with Gasteiger partial charge in [-0.1, -0.05) is 13.3 Å². The van der Waals surface area contributed by atoms with Crippen molar-refractivity contribution in [2.24, 2.45) is 0 Å². The maximum atomic E-state index is 9.84. The summed E-state index contributed by atoms with van der Waals surface area (Å²) in [6.45, 7) is 4.97. The summed E-state index contributed by atoms with van der Waals surface area (Å²) >= 11 is 0. The van der Waals surface area contributed by atoms with Crippen LogP contribution in [0.4, 0.5) is 0 Å². The van der Waals surface area contributed by atoms with E-state index in [0.717, 1.165) is 41.6 Å². The first-order valence-corrected chi connectivity index (χ1v) is 6.52. The molecule has 1 atom stereocenters. The van der Waals surface area contributed by atoms with Crippen LogP contribution in [0.15, 0.2) is 24.4 Å². The molecule has 0 bridgehead atoms. The van der Waals surface area contributed by atoms with Crippen LogP contribution in [-0.2, 0) is 6.54 Å². The molecular weight excluding hydrogens is 226 g/mol. The Hall–Kier alpha value is -1.48. The van der Waals surface area contributed by atoms with E-state index in [9.17, 15) is 5.11 Å². The Kier molecular flexibility index (Phi) is 3.92. The maximum Gasteiger partial charge on any atom is 0.120 e. The lowest BCUT2D eigenvalue weighted by molar-refractivity contribution is 0.200. The van der Waals surface area contributed by atoms with E-state index in [4.69, 9.17) is 4.74 Å². The molecule has 0 amide bonds. The van der Waals surface area contributed by atoms with Gasteiger partial charge in [0.2, 0.25) is 0 Å². The van der Waals surface area contributed by atoms with Gasteiger partial charge in [-0.15, -0.1) is 0 Å². The van der Waals surface area contributed by atoms with Crippen molar-refractivity contribution < 1.29 is 9.84 Å². The number of methoxy groups -OCH3 is 1. The van der Waals surface area contributed by atoms with Gasteiger partial charge in [-0.05, 0) is 25.5 Å². The number of benzene rings is 1. The van der Waals surface area contributed by atoms with Crippen LogP contribution in [-0.4, -0.2) is 16.8 Å².